The molecule has 19 heavy (non-hydrogen) atoms. The second-order valence-electron chi connectivity index (χ2n) is 4.64. The van der Waals surface area contributed by atoms with E-state index in [1.165, 1.54) is 0 Å². The Balaban J connectivity index is 1.89. The molecule has 1 heterocycles. The molecule has 1 fully saturated rings. The Labute approximate surface area is 116 Å². The molecule has 1 unspecified atom stereocenters. The van der Waals surface area contributed by atoms with Gasteiger partial charge in [0.2, 0.25) is 5.91 Å². The van der Waals surface area contributed by atoms with Crippen LogP contribution < -0.4 is 11.1 Å². The van der Waals surface area contributed by atoms with Crippen LogP contribution in [0.25, 0.3) is 0 Å². The lowest BCUT2D eigenvalue weighted by Gasteiger charge is -2.14. The minimum absolute atomic E-state index is 0.118. The van der Waals surface area contributed by atoms with Gasteiger partial charge in [0.1, 0.15) is 0 Å². The van der Waals surface area contributed by atoms with Crippen LogP contribution in [0.15, 0.2) is 24.3 Å². The highest BCUT2D eigenvalue weighted by atomic mass is 35.5. The first-order valence-corrected chi connectivity index (χ1v) is 6.50. The summed E-state index contributed by atoms with van der Waals surface area (Å²) in [4.78, 5) is 25.5. The second kappa shape index (κ2) is 6.14. The Hall–Kier alpha value is -1.43. The van der Waals surface area contributed by atoms with Gasteiger partial charge in [-0.2, -0.15) is 0 Å². The molecular formula is C13H16ClN3O2. The van der Waals surface area contributed by atoms with Crippen LogP contribution in [0, 0.1) is 0 Å². The fourth-order valence-corrected chi connectivity index (χ4v) is 2.31. The number of carbonyl (C=O) groups excluding carboxylic acids is 2. The number of rotatable bonds is 3. The van der Waals surface area contributed by atoms with Crippen molar-refractivity contribution in [2.24, 2.45) is 5.73 Å². The number of carbonyl (C=O) groups is 2. The summed E-state index contributed by atoms with van der Waals surface area (Å²) in [6, 6.07) is 6.74. The van der Waals surface area contributed by atoms with E-state index in [9.17, 15) is 9.59 Å². The highest BCUT2D eigenvalue weighted by Gasteiger charge is 2.22. The lowest BCUT2D eigenvalue weighted by Crippen LogP contribution is -2.40. The zero-order valence-electron chi connectivity index (χ0n) is 10.4. The van der Waals surface area contributed by atoms with E-state index in [2.05, 4.69) is 5.32 Å². The van der Waals surface area contributed by atoms with Gasteiger partial charge in [-0.1, -0.05) is 23.7 Å². The average Bonchev–Trinajstić information content (AvgIpc) is 2.74. The number of nitrogens with zero attached hydrogens (tertiary/aromatic N) is 1. The molecule has 5 nitrogen and oxygen atoms in total. The largest absolute Gasteiger partial charge is 0.326 e. The number of nitrogens with two attached hydrogens (primary N) is 1. The summed E-state index contributed by atoms with van der Waals surface area (Å²) in [5.74, 6) is -0.807. The third-order valence-corrected chi connectivity index (χ3v) is 3.38. The van der Waals surface area contributed by atoms with Crippen LogP contribution in [0.5, 0.6) is 0 Å². The minimum atomic E-state index is -0.473. The number of amides is 2. The third-order valence-electron chi connectivity index (χ3n) is 3.05. The number of nitrogens with one attached hydrogen (secondary N) is 1. The smallest absolute Gasteiger partial charge is 0.259 e. The molecule has 0 saturated carbocycles. The Bertz CT molecular complexity index is 493. The molecule has 1 atom stereocenters. The van der Waals surface area contributed by atoms with Gasteiger partial charge in [-0.25, -0.2) is 0 Å². The Morgan fingerprint density at radius 1 is 1.42 bits per heavy atom. The predicted octanol–water partition coefficient (Wildman–Crippen LogP) is 0.629. The van der Waals surface area contributed by atoms with Crippen molar-refractivity contribution in [1.82, 2.24) is 10.2 Å². The molecule has 0 aromatic heterocycles. The van der Waals surface area contributed by atoms with Gasteiger partial charge in [-0.05, 0) is 18.6 Å². The third kappa shape index (κ3) is 3.76. The maximum atomic E-state index is 11.9. The van der Waals surface area contributed by atoms with Crippen molar-refractivity contribution >= 4 is 23.4 Å². The summed E-state index contributed by atoms with van der Waals surface area (Å²) in [6.45, 7) is 1.66. The molecule has 1 aromatic carbocycles. The van der Waals surface area contributed by atoms with Crippen LogP contribution >= 0.6 is 11.6 Å². The van der Waals surface area contributed by atoms with Crippen LogP contribution in [-0.4, -0.2) is 42.4 Å². The van der Waals surface area contributed by atoms with Gasteiger partial charge >= 0.3 is 0 Å². The Morgan fingerprint density at radius 2 is 2.16 bits per heavy atom. The Kier molecular flexibility index (Phi) is 4.52. The molecule has 1 saturated heterocycles. The van der Waals surface area contributed by atoms with E-state index in [1.54, 1.807) is 24.3 Å². The van der Waals surface area contributed by atoms with E-state index in [4.69, 9.17) is 17.3 Å². The normalized spacial score (nSPS) is 19.4. The number of likely N-dealkylation sites (tertiary alicyclic amines) is 1. The number of hydrogen-bond donors (Lipinski definition) is 2. The van der Waals surface area contributed by atoms with Crippen molar-refractivity contribution in [3.05, 3.63) is 34.9 Å². The second-order valence-corrected chi connectivity index (χ2v) is 5.05. The molecule has 0 aliphatic carbocycles. The van der Waals surface area contributed by atoms with E-state index in [-0.39, 0.29) is 18.5 Å². The van der Waals surface area contributed by atoms with Gasteiger partial charge in [0.05, 0.1) is 17.1 Å². The molecule has 102 valence electrons. The van der Waals surface area contributed by atoms with Gasteiger partial charge < -0.3 is 5.73 Å². The highest BCUT2D eigenvalue weighted by Crippen LogP contribution is 2.14. The van der Waals surface area contributed by atoms with Crippen molar-refractivity contribution in [3.8, 4) is 0 Å². The van der Waals surface area contributed by atoms with Gasteiger partial charge in [-0.3, -0.25) is 19.8 Å². The summed E-state index contributed by atoms with van der Waals surface area (Å²) in [5, 5.41) is 2.66. The SMILES string of the molecule is NC1CCN(CC(=O)NC(=O)c2ccccc2Cl)C1. The zero-order chi connectivity index (χ0) is 13.8. The maximum absolute atomic E-state index is 11.9. The minimum Gasteiger partial charge on any atom is -0.326 e. The zero-order valence-corrected chi connectivity index (χ0v) is 11.2. The van der Waals surface area contributed by atoms with Crippen LogP contribution in [-0.2, 0) is 4.79 Å². The summed E-state index contributed by atoms with van der Waals surface area (Å²) >= 11 is 5.89. The van der Waals surface area contributed by atoms with Gasteiger partial charge in [0, 0.05) is 19.1 Å². The quantitative estimate of drug-likeness (QED) is 0.852. The molecule has 1 aromatic rings. The van der Waals surface area contributed by atoms with E-state index in [1.807, 2.05) is 4.90 Å². The van der Waals surface area contributed by atoms with Crippen molar-refractivity contribution in [2.75, 3.05) is 19.6 Å². The van der Waals surface area contributed by atoms with Crippen molar-refractivity contribution in [3.63, 3.8) is 0 Å². The van der Waals surface area contributed by atoms with Gasteiger partial charge in [0.15, 0.2) is 0 Å². The van der Waals surface area contributed by atoms with Crippen LogP contribution in [0.4, 0.5) is 0 Å². The fourth-order valence-electron chi connectivity index (χ4n) is 2.09. The standard InChI is InChI=1S/C13H16ClN3O2/c14-11-4-2-1-3-10(11)13(19)16-12(18)8-17-6-5-9(15)7-17/h1-4,9H,5-8,15H2,(H,16,18,19). The predicted molar refractivity (Wildman–Crippen MR) is 73.0 cm³/mol. The molecule has 0 spiro atoms. The number of hydrogen-bond acceptors (Lipinski definition) is 4. The number of benzene rings is 1. The fraction of sp³-hybridized carbons (Fsp3) is 0.385. The summed E-state index contributed by atoms with van der Waals surface area (Å²) in [5.41, 5.74) is 6.06. The first kappa shape index (κ1) is 14.0. The summed E-state index contributed by atoms with van der Waals surface area (Å²) in [7, 11) is 0. The monoisotopic (exact) mass is 281 g/mol. The van der Waals surface area contributed by atoms with Crippen LogP contribution in [0.1, 0.15) is 16.8 Å². The molecule has 1 aliphatic rings. The topological polar surface area (TPSA) is 75.4 Å². The molecule has 2 amide bonds. The number of imide groups is 1. The molecule has 3 N–H and O–H groups in total. The Morgan fingerprint density at radius 3 is 2.79 bits per heavy atom. The van der Waals surface area contributed by atoms with E-state index < -0.39 is 5.91 Å². The summed E-state index contributed by atoms with van der Waals surface area (Å²) in [6.07, 6.45) is 0.881. The lowest BCUT2D eigenvalue weighted by atomic mass is 10.2. The summed E-state index contributed by atoms with van der Waals surface area (Å²) < 4.78 is 0. The molecular weight excluding hydrogens is 266 g/mol. The highest BCUT2D eigenvalue weighted by molar-refractivity contribution is 6.34. The molecule has 1 aliphatic heterocycles. The van der Waals surface area contributed by atoms with E-state index in [0.29, 0.717) is 17.1 Å². The van der Waals surface area contributed by atoms with Crippen LogP contribution in [0.2, 0.25) is 5.02 Å². The van der Waals surface area contributed by atoms with E-state index >= 15 is 0 Å². The molecule has 6 heteroatoms. The molecule has 2 rings (SSSR count). The average molecular weight is 282 g/mol. The van der Waals surface area contributed by atoms with Crippen molar-refractivity contribution in [2.45, 2.75) is 12.5 Å². The maximum Gasteiger partial charge on any atom is 0.259 e. The molecule has 0 radical (unpaired) electrons. The van der Waals surface area contributed by atoms with Crippen molar-refractivity contribution in [1.29, 1.82) is 0 Å². The lowest BCUT2D eigenvalue weighted by molar-refractivity contribution is -0.121. The van der Waals surface area contributed by atoms with Crippen LogP contribution in [0.3, 0.4) is 0 Å². The van der Waals surface area contributed by atoms with Gasteiger partial charge in [-0.15, -0.1) is 0 Å². The van der Waals surface area contributed by atoms with Crippen molar-refractivity contribution < 1.29 is 9.59 Å². The first-order chi connectivity index (χ1) is 9.06. The van der Waals surface area contributed by atoms with E-state index in [0.717, 1.165) is 13.0 Å². The first-order valence-electron chi connectivity index (χ1n) is 6.13. The van der Waals surface area contributed by atoms with Gasteiger partial charge in [0.25, 0.3) is 5.91 Å². The number of halogens is 1. The molecule has 0 bridgehead atoms.